The van der Waals surface area contributed by atoms with Crippen molar-refractivity contribution in [2.75, 3.05) is 0 Å². The Kier molecular flexibility index (Phi) is 4.94. The molecule has 0 atom stereocenters. The van der Waals surface area contributed by atoms with Gasteiger partial charge in [0.05, 0.1) is 20.5 Å². The van der Waals surface area contributed by atoms with E-state index in [1.807, 2.05) is 0 Å². The average molecular weight is 410 g/mol. The Morgan fingerprint density at radius 2 is 1.54 bits per heavy atom. The Labute approximate surface area is 160 Å². The molecule has 0 amide bonds. The first-order chi connectivity index (χ1) is 12.2. The molecule has 26 heavy (non-hydrogen) atoms. The Bertz CT molecular complexity index is 1150. The second kappa shape index (κ2) is 6.89. The number of nitrogens with two attached hydrogens (primary N) is 1. The van der Waals surface area contributed by atoms with Crippen LogP contribution in [-0.2, 0) is 10.0 Å². The normalized spacial score (nSPS) is 11.5. The first-order valence-electron chi connectivity index (χ1n) is 7.40. The molecule has 5 nitrogen and oxygen atoms in total. The van der Waals surface area contributed by atoms with E-state index < -0.39 is 10.0 Å². The van der Waals surface area contributed by atoms with E-state index in [9.17, 15) is 13.2 Å². The second-order valence-corrected chi connectivity index (χ2v) is 8.00. The van der Waals surface area contributed by atoms with Gasteiger partial charge in [-0.15, -0.1) is 0 Å². The summed E-state index contributed by atoms with van der Waals surface area (Å²) in [6.07, 6.45) is 0. The summed E-state index contributed by atoms with van der Waals surface area (Å²) in [5.74, 6) is 0.721. The topological polar surface area (TPSA) is 90.4 Å². The van der Waals surface area contributed by atoms with Gasteiger partial charge in [0.25, 0.3) is 0 Å². The molecule has 0 bridgehead atoms. The zero-order valence-corrected chi connectivity index (χ0v) is 15.8. The highest BCUT2D eigenvalue weighted by atomic mass is 35.5. The van der Waals surface area contributed by atoms with Gasteiger partial charge in [-0.2, -0.15) is 0 Å². The minimum absolute atomic E-state index is 0.0349. The molecular weight excluding hydrogens is 397 g/mol. The fraction of sp³-hybridized carbons (Fsp3) is 0.0556. The van der Waals surface area contributed by atoms with Crippen LogP contribution in [0.3, 0.4) is 0 Å². The molecular formula is C18H13Cl2NO4S. The minimum Gasteiger partial charge on any atom is -0.460 e. The highest BCUT2D eigenvalue weighted by Crippen LogP contribution is 2.34. The predicted octanol–water partition coefficient (Wildman–Crippen LogP) is 4.24. The van der Waals surface area contributed by atoms with Crippen molar-refractivity contribution >= 4 is 33.2 Å². The van der Waals surface area contributed by atoms with Crippen LogP contribution in [0.2, 0.25) is 10.0 Å². The predicted molar refractivity (Wildman–Crippen MR) is 102 cm³/mol. The van der Waals surface area contributed by atoms with Crippen molar-refractivity contribution in [3.8, 4) is 22.5 Å². The quantitative estimate of drug-likeness (QED) is 0.700. The zero-order chi connectivity index (χ0) is 19.1. The third-order valence-electron chi connectivity index (χ3n) is 3.72. The van der Waals surface area contributed by atoms with Crippen molar-refractivity contribution in [3.63, 3.8) is 0 Å². The maximum Gasteiger partial charge on any atom is 0.238 e. The van der Waals surface area contributed by atoms with Gasteiger partial charge in [-0.3, -0.25) is 4.79 Å². The van der Waals surface area contributed by atoms with Gasteiger partial charge in [0.2, 0.25) is 10.0 Å². The molecule has 0 radical (unpaired) electrons. The Morgan fingerprint density at radius 1 is 0.923 bits per heavy atom. The summed E-state index contributed by atoms with van der Waals surface area (Å²) in [4.78, 5) is 12.6. The first-order valence-corrected chi connectivity index (χ1v) is 9.70. The maximum atomic E-state index is 12.6. The molecule has 8 heteroatoms. The number of hydrogen-bond acceptors (Lipinski definition) is 4. The fourth-order valence-electron chi connectivity index (χ4n) is 2.53. The molecule has 2 aromatic carbocycles. The lowest BCUT2D eigenvalue weighted by molar-refractivity contribution is 0.531. The molecule has 0 aliphatic carbocycles. The van der Waals surface area contributed by atoms with Crippen molar-refractivity contribution in [2.24, 2.45) is 5.14 Å². The van der Waals surface area contributed by atoms with Gasteiger partial charge in [0.1, 0.15) is 11.5 Å². The molecule has 0 unspecified atom stereocenters. The standard InChI is InChI=1S/C18H13Cl2NO4S/c1-10-8-16(22)17(12-4-7-14(19)15(20)9-12)18(25-10)11-2-5-13(6-3-11)26(21,23)24/h2-9H,1H3,(H2,21,23,24). The van der Waals surface area contributed by atoms with Gasteiger partial charge in [-0.25, -0.2) is 13.6 Å². The van der Waals surface area contributed by atoms with E-state index in [2.05, 4.69) is 0 Å². The third kappa shape index (κ3) is 3.68. The number of rotatable bonds is 3. The summed E-state index contributed by atoms with van der Waals surface area (Å²) in [5, 5.41) is 5.79. The van der Waals surface area contributed by atoms with E-state index in [1.165, 1.54) is 30.3 Å². The lowest BCUT2D eigenvalue weighted by Gasteiger charge is -2.11. The maximum absolute atomic E-state index is 12.6. The summed E-state index contributed by atoms with van der Waals surface area (Å²) in [5.41, 5.74) is 1.12. The van der Waals surface area contributed by atoms with E-state index >= 15 is 0 Å². The van der Waals surface area contributed by atoms with Gasteiger partial charge in [-0.1, -0.05) is 29.3 Å². The monoisotopic (exact) mass is 409 g/mol. The molecule has 0 saturated heterocycles. The minimum atomic E-state index is -3.82. The molecule has 0 saturated carbocycles. The van der Waals surface area contributed by atoms with Crippen LogP contribution in [-0.4, -0.2) is 8.42 Å². The van der Waals surface area contributed by atoms with Crippen LogP contribution in [0, 0.1) is 6.92 Å². The van der Waals surface area contributed by atoms with Crippen LogP contribution in [0.5, 0.6) is 0 Å². The van der Waals surface area contributed by atoms with Crippen LogP contribution < -0.4 is 10.6 Å². The van der Waals surface area contributed by atoms with Crippen molar-refractivity contribution in [2.45, 2.75) is 11.8 Å². The van der Waals surface area contributed by atoms with Gasteiger partial charge >= 0.3 is 0 Å². The number of aryl methyl sites for hydroxylation is 1. The molecule has 1 aromatic heterocycles. The van der Waals surface area contributed by atoms with Crippen molar-refractivity contribution < 1.29 is 12.8 Å². The molecule has 2 N–H and O–H groups in total. The van der Waals surface area contributed by atoms with Gasteiger partial charge in [0, 0.05) is 11.6 Å². The van der Waals surface area contributed by atoms with Crippen LogP contribution in [0.25, 0.3) is 22.5 Å². The van der Waals surface area contributed by atoms with E-state index in [0.717, 1.165) is 0 Å². The number of halogens is 2. The summed E-state index contributed by atoms with van der Waals surface area (Å²) < 4.78 is 28.6. The summed E-state index contributed by atoms with van der Waals surface area (Å²) in [7, 11) is -3.82. The van der Waals surface area contributed by atoms with Gasteiger partial charge in [-0.05, 0) is 48.9 Å². The van der Waals surface area contributed by atoms with Crippen molar-refractivity contribution in [1.82, 2.24) is 0 Å². The van der Waals surface area contributed by atoms with Crippen molar-refractivity contribution in [3.05, 3.63) is 74.6 Å². The molecule has 0 fully saturated rings. The number of primary sulfonamides is 1. The van der Waals surface area contributed by atoms with Crippen LogP contribution in [0.1, 0.15) is 5.76 Å². The van der Waals surface area contributed by atoms with Gasteiger partial charge < -0.3 is 4.42 Å². The van der Waals surface area contributed by atoms with E-state index in [-0.39, 0.29) is 10.3 Å². The molecule has 0 aliphatic heterocycles. The summed E-state index contributed by atoms with van der Waals surface area (Å²) in [6.45, 7) is 1.65. The van der Waals surface area contributed by atoms with E-state index in [0.29, 0.717) is 38.3 Å². The number of hydrogen-bond donors (Lipinski definition) is 1. The Balaban J connectivity index is 2.24. The summed E-state index contributed by atoms with van der Waals surface area (Å²) >= 11 is 12.0. The first kappa shape index (κ1) is 18.7. The summed E-state index contributed by atoms with van der Waals surface area (Å²) in [6, 6.07) is 12.0. The van der Waals surface area contributed by atoms with Crippen LogP contribution in [0.15, 0.2) is 62.6 Å². The Morgan fingerprint density at radius 3 is 2.12 bits per heavy atom. The smallest absolute Gasteiger partial charge is 0.238 e. The fourth-order valence-corrected chi connectivity index (χ4v) is 3.35. The van der Waals surface area contributed by atoms with Gasteiger partial charge in [0.15, 0.2) is 5.43 Å². The molecule has 0 spiro atoms. The van der Waals surface area contributed by atoms with E-state index in [4.69, 9.17) is 32.8 Å². The van der Waals surface area contributed by atoms with Crippen LogP contribution >= 0.6 is 23.2 Å². The molecule has 3 aromatic rings. The second-order valence-electron chi connectivity index (χ2n) is 5.62. The highest BCUT2D eigenvalue weighted by Gasteiger charge is 2.17. The SMILES string of the molecule is Cc1cc(=O)c(-c2ccc(Cl)c(Cl)c2)c(-c2ccc(S(N)(=O)=O)cc2)o1. The number of sulfonamides is 1. The average Bonchev–Trinajstić information content (AvgIpc) is 2.56. The van der Waals surface area contributed by atoms with Crippen LogP contribution in [0.4, 0.5) is 0 Å². The lowest BCUT2D eigenvalue weighted by Crippen LogP contribution is -2.12. The molecule has 3 rings (SSSR count). The highest BCUT2D eigenvalue weighted by molar-refractivity contribution is 7.89. The zero-order valence-electron chi connectivity index (χ0n) is 13.5. The number of benzene rings is 2. The lowest BCUT2D eigenvalue weighted by atomic mass is 10.00. The molecule has 134 valence electrons. The van der Waals surface area contributed by atoms with E-state index in [1.54, 1.807) is 25.1 Å². The van der Waals surface area contributed by atoms with Crippen molar-refractivity contribution in [1.29, 1.82) is 0 Å². The Hall–Kier alpha value is -2.12. The molecule has 1 heterocycles. The third-order valence-corrected chi connectivity index (χ3v) is 5.39. The molecule has 0 aliphatic rings. The largest absolute Gasteiger partial charge is 0.460 e.